The molecule has 1 saturated heterocycles. The molecular weight excluding hydrogens is 318 g/mol. The van der Waals surface area contributed by atoms with Gasteiger partial charge >= 0.3 is 0 Å². The highest BCUT2D eigenvalue weighted by atomic mass is 16.5. The molecule has 1 saturated carbocycles. The third-order valence-electron chi connectivity index (χ3n) is 7.12. The van der Waals surface area contributed by atoms with Gasteiger partial charge in [-0.1, -0.05) is 6.07 Å². The van der Waals surface area contributed by atoms with Gasteiger partial charge in [-0.05, 0) is 51.7 Å². The number of carbonyl (C=O) groups excluding carboxylic acids is 1. The van der Waals surface area contributed by atoms with Crippen LogP contribution in [-0.4, -0.2) is 50.7 Å². The standard InChI is InChI=1S/C20H25NO4/c1-18(2,3)21-9-8-19-15-11-4-5-12(22)16(15)25-17(19)13(23)6-7-20(19,24)14(21)10-11/h4-5,14,17,22,24H,6-10H2,1-3H3/t14?,17-,19-,20+/m0/s1. The van der Waals surface area contributed by atoms with E-state index in [1.807, 2.05) is 6.07 Å². The molecule has 25 heavy (non-hydrogen) atoms. The first-order valence-electron chi connectivity index (χ1n) is 9.24. The average molecular weight is 343 g/mol. The molecule has 0 radical (unpaired) electrons. The summed E-state index contributed by atoms with van der Waals surface area (Å²) in [5.74, 6) is 0.560. The number of rotatable bonds is 0. The minimum Gasteiger partial charge on any atom is -0.504 e. The molecule has 2 N–H and O–H groups in total. The lowest BCUT2D eigenvalue weighted by Gasteiger charge is -2.64. The monoisotopic (exact) mass is 343 g/mol. The van der Waals surface area contributed by atoms with E-state index in [2.05, 4.69) is 25.7 Å². The summed E-state index contributed by atoms with van der Waals surface area (Å²) in [6.45, 7) is 7.37. The molecule has 0 amide bonds. The highest BCUT2D eigenvalue weighted by Crippen LogP contribution is 2.65. The van der Waals surface area contributed by atoms with Gasteiger partial charge in [0.2, 0.25) is 0 Å². The van der Waals surface area contributed by atoms with Crippen molar-refractivity contribution < 1.29 is 19.7 Å². The van der Waals surface area contributed by atoms with Crippen LogP contribution in [0.2, 0.25) is 0 Å². The minimum absolute atomic E-state index is 0.0385. The van der Waals surface area contributed by atoms with Crippen molar-refractivity contribution in [3.63, 3.8) is 0 Å². The lowest BCUT2D eigenvalue weighted by atomic mass is 9.48. The van der Waals surface area contributed by atoms with E-state index in [1.165, 1.54) is 0 Å². The van der Waals surface area contributed by atoms with Crippen LogP contribution in [0, 0.1) is 0 Å². The summed E-state index contributed by atoms with van der Waals surface area (Å²) in [7, 11) is 0. The van der Waals surface area contributed by atoms with Gasteiger partial charge in [-0.2, -0.15) is 0 Å². The number of ether oxygens (including phenoxy) is 1. The van der Waals surface area contributed by atoms with E-state index in [4.69, 9.17) is 4.74 Å². The zero-order valence-electron chi connectivity index (χ0n) is 15.0. The zero-order valence-corrected chi connectivity index (χ0v) is 15.0. The maximum absolute atomic E-state index is 12.7. The molecule has 134 valence electrons. The molecule has 2 aliphatic carbocycles. The van der Waals surface area contributed by atoms with Gasteiger partial charge in [0.05, 0.1) is 11.0 Å². The highest BCUT2D eigenvalue weighted by molar-refractivity contribution is 5.90. The van der Waals surface area contributed by atoms with Crippen LogP contribution < -0.4 is 4.74 Å². The SMILES string of the molecule is CC(C)(C)N1CC[C@]23c4c5ccc(O)c4O[C@H]2C(=O)CC[C@@]3(O)C1C5. The minimum atomic E-state index is -0.997. The van der Waals surface area contributed by atoms with Crippen LogP contribution in [0.1, 0.15) is 51.2 Å². The number of hydrogen-bond donors (Lipinski definition) is 2. The molecule has 4 atom stereocenters. The van der Waals surface area contributed by atoms with Crippen LogP contribution in [0.25, 0.3) is 0 Å². The van der Waals surface area contributed by atoms with Crippen LogP contribution in [0.4, 0.5) is 0 Å². The zero-order chi connectivity index (χ0) is 17.8. The van der Waals surface area contributed by atoms with Crippen molar-refractivity contribution >= 4 is 5.78 Å². The third kappa shape index (κ3) is 1.60. The summed E-state index contributed by atoms with van der Waals surface area (Å²) in [6.07, 6.45) is 1.54. The van der Waals surface area contributed by atoms with E-state index in [9.17, 15) is 15.0 Å². The van der Waals surface area contributed by atoms with E-state index < -0.39 is 17.1 Å². The second-order valence-electron chi connectivity index (χ2n) is 9.14. The summed E-state index contributed by atoms with van der Waals surface area (Å²) < 4.78 is 6.03. The summed E-state index contributed by atoms with van der Waals surface area (Å²) in [4.78, 5) is 15.1. The maximum Gasteiger partial charge on any atom is 0.174 e. The van der Waals surface area contributed by atoms with E-state index in [1.54, 1.807) is 6.07 Å². The number of Topliss-reactive ketones (excluding diaryl/α,β-unsaturated/α-hetero) is 1. The smallest absolute Gasteiger partial charge is 0.174 e. The molecule has 5 nitrogen and oxygen atoms in total. The van der Waals surface area contributed by atoms with Crippen molar-refractivity contribution in [2.24, 2.45) is 0 Å². The number of likely N-dealkylation sites (tertiary alicyclic amines) is 1. The molecule has 0 aromatic heterocycles. The Balaban J connectivity index is 1.80. The lowest BCUT2D eigenvalue weighted by molar-refractivity contribution is -0.199. The summed E-state index contributed by atoms with van der Waals surface area (Å²) in [5, 5.41) is 22.3. The average Bonchev–Trinajstić information content (AvgIpc) is 2.87. The lowest BCUT2D eigenvalue weighted by Crippen LogP contribution is -2.78. The summed E-state index contributed by atoms with van der Waals surface area (Å²) in [6, 6.07) is 3.57. The number of carbonyl (C=O) groups is 1. The van der Waals surface area contributed by atoms with Crippen LogP contribution in [0.5, 0.6) is 11.5 Å². The van der Waals surface area contributed by atoms with Crippen molar-refractivity contribution in [3.8, 4) is 11.5 Å². The molecule has 2 aliphatic heterocycles. The Hall–Kier alpha value is -1.59. The van der Waals surface area contributed by atoms with Crippen LogP contribution in [-0.2, 0) is 16.6 Å². The van der Waals surface area contributed by atoms with Crippen molar-refractivity contribution in [2.45, 2.75) is 75.2 Å². The molecule has 1 aromatic carbocycles. The predicted octanol–water partition coefficient (Wildman–Crippen LogP) is 1.91. The van der Waals surface area contributed by atoms with E-state index in [-0.39, 0.29) is 23.1 Å². The number of aliphatic hydroxyl groups is 1. The number of hydrogen-bond acceptors (Lipinski definition) is 5. The third-order valence-corrected chi connectivity index (χ3v) is 7.12. The fourth-order valence-electron chi connectivity index (χ4n) is 6.13. The summed E-state index contributed by atoms with van der Waals surface area (Å²) >= 11 is 0. The topological polar surface area (TPSA) is 70.0 Å². The number of benzene rings is 1. The molecule has 1 spiro atoms. The van der Waals surface area contributed by atoms with Gasteiger partial charge in [0.15, 0.2) is 23.4 Å². The van der Waals surface area contributed by atoms with Crippen LogP contribution >= 0.6 is 0 Å². The first-order chi connectivity index (χ1) is 11.7. The fourth-order valence-corrected chi connectivity index (χ4v) is 6.13. The number of nitrogens with zero attached hydrogens (tertiary/aromatic N) is 1. The van der Waals surface area contributed by atoms with Crippen molar-refractivity contribution in [1.82, 2.24) is 4.90 Å². The first-order valence-corrected chi connectivity index (χ1v) is 9.24. The second kappa shape index (κ2) is 4.38. The van der Waals surface area contributed by atoms with E-state index in [0.717, 1.165) is 24.1 Å². The van der Waals surface area contributed by atoms with Gasteiger partial charge in [0, 0.05) is 30.1 Å². The van der Waals surface area contributed by atoms with E-state index >= 15 is 0 Å². The Labute approximate surface area is 147 Å². The van der Waals surface area contributed by atoms with E-state index in [0.29, 0.717) is 25.0 Å². The Bertz CT molecular complexity index is 798. The fraction of sp³-hybridized carbons (Fsp3) is 0.650. The predicted molar refractivity (Wildman–Crippen MR) is 92.0 cm³/mol. The summed E-state index contributed by atoms with van der Waals surface area (Å²) in [5.41, 5.74) is 0.237. The highest BCUT2D eigenvalue weighted by Gasteiger charge is 2.73. The Kier molecular flexibility index (Phi) is 2.74. The Morgan fingerprint density at radius 1 is 1.28 bits per heavy atom. The van der Waals surface area contributed by atoms with Gasteiger partial charge < -0.3 is 14.9 Å². The number of aromatic hydroxyl groups is 1. The van der Waals surface area contributed by atoms with Gasteiger partial charge in [-0.15, -0.1) is 0 Å². The number of ketones is 1. The molecule has 1 aromatic rings. The molecule has 2 bridgehead atoms. The Morgan fingerprint density at radius 3 is 2.76 bits per heavy atom. The van der Waals surface area contributed by atoms with Gasteiger partial charge in [-0.25, -0.2) is 0 Å². The molecule has 5 rings (SSSR count). The van der Waals surface area contributed by atoms with Gasteiger partial charge in [-0.3, -0.25) is 9.69 Å². The molecule has 2 heterocycles. The number of phenolic OH excluding ortho intramolecular Hbond substituents is 1. The first kappa shape index (κ1) is 15.6. The normalized spacial score (nSPS) is 39.1. The van der Waals surface area contributed by atoms with Gasteiger partial charge in [0.1, 0.15) is 0 Å². The van der Waals surface area contributed by atoms with Crippen LogP contribution in [0.15, 0.2) is 12.1 Å². The van der Waals surface area contributed by atoms with Crippen LogP contribution in [0.3, 0.4) is 0 Å². The molecule has 4 aliphatic rings. The molecular formula is C20H25NO4. The van der Waals surface area contributed by atoms with Gasteiger partial charge in [0.25, 0.3) is 0 Å². The molecule has 2 fully saturated rings. The Morgan fingerprint density at radius 2 is 2.04 bits per heavy atom. The maximum atomic E-state index is 12.7. The van der Waals surface area contributed by atoms with Crippen molar-refractivity contribution in [1.29, 1.82) is 0 Å². The van der Waals surface area contributed by atoms with Crippen molar-refractivity contribution in [3.05, 3.63) is 23.3 Å². The molecule has 5 heteroatoms. The quantitative estimate of drug-likeness (QED) is 0.753. The second-order valence-corrected chi connectivity index (χ2v) is 9.14. The molecule has 1 unspecified atom stereocenters. The largest absolute Gasteiger partial charge is 0.504 e. The number of phenols is 1. The number of piperidine rings is 1. The van der Waals surface area contributed by atoms with Crippen molar-refractivity contribution in [2.75, 3.05) is 6.54 Å².